The van der Waals surface area contributed by atoms with E-state index < -0.39 is 10.0 Å². The third-order valence-electron chi connectivity index (χ3n) is 4.86. The highest BCUT2D eigenvalue weighted by Crippen LogP contribution is 2.32. The highest BCUT2D eigenvalue weighted by Gasteiger charge is 2.18. The molecule has 162 valence electrons. The van der Waals surface area contributed by atoms with Crippen molar-refractivity contribution in [2.24, 2.45) is 0 Å². The maximum Gasteiger partial charge on any atom is 0.251 e. The Kier molecular flexibility index (Phi) is 5.97. The van der Waals surface area contributed by atoms with Gasteiger partial charge in [0.25, 0.3) is 5.91 Å². The fourth-order valence-corrected chi connectivity index (χ4v) is 4.13. The maximum absolute atomic E-state index is 12.6. The summed E-state index contributed by atoms with van der Waals surface area (Å²) in [4.78, 5) is 12.7. The van der Waals surface area contributed by atoms with E-state index in [9.17, 15) is 13.2 Å². The Balaban J connectivity index is 1.39. The molecule has 1 amide bonds. The van der Waals surface area contributed by atoms with Gasteiger partial charge < -0.3 is 19.2 Å². The minimum Gasteiger partial charge on any atom is -0.486 e. The average molecular weight is 442 g/mol. The number of ether oxygens (including phenoxy) is 2. The van der Waals surface area contributed by atoms with Gasteiger partial charge in [-0.05, 0) is 61.0 Å². The first kappa shape index (κ1) is 21.0. The molecule has 1 aliphatic heterocycles. The van der Waals surface area contributed by atoms with E-state index in [1.54, 1.807) is 12.1 Å². The standard InChI is InChI=1S/C22H22N2O6S/c1-15(17-6-9-20-21(13-17)30-12-11-29-20)24-22(25)16-4-7-19(8-5-16)31(26,27)23-14-18-3-2-10-28-18/h2-10,13,15,23H,11-12,14H2,1H3,(H,24,25). The second-order valence-corrected chi connectivity index (χ2v) is 8.79. The number of fused-ring (bicyclic) bond motifs is 1. The number of hydrogen-bond acceptors (Lipinski definition) is 6. The van der Waals surface area contributed by atoms with Gasteiger partial charge in [-0.15, -0.1) is 0 Å². The average Bonchev–Trinajstić information content (AvgIpc) is 3.31. The van der Waals surface area contributed by atoms with Crippen molar-refractivity contribution in [3.05, 3.63) is 77.7 Å². The van der Waals surface area contributed by atoms with Gasteiger partial charge in [-0.1, -0.05) is 6.07 Å². The Labute approximate surface area is 180 Å². The van der Waals surface area contributed by atoms with Crippen LogP contribution >= 0.6 is 0 Å². The van der Waals surface area contributed by atoms with Crippen LogP contribution in [0.4, 0.5) is 0 Å². The van der Waals surface area contributed by atoms with E-state index in [4.69, 9.17) is 13.9 Å². The monoisotopic (exact) mass is 442 g/mol. The largest absolute Gasteiger partial charge is 0.486 e. The van der Waals surface area contributed by atoms with Crippen LogP contribution in [0.5, 0.6) is 11.5 Å². The molecule has 4 rings (SSSR count). The van der Waals surface area contributed by atoms with E-state index >= 15 is 0 Å². The molecule has 31 heavy (non-hydrogen) atoms. The Hall–Kier alpha value is -3.30. The van der Waals surface area contributed by atoms with Gasteiger partial charge in [0.15, 0.2) is 11.5 Å². The topological polar surface area (TPSA) is 107 Å². The molecule has 2 N–H and O–H groups in total. The van der Waals surface area contributed by atoms with E-state index in [1.165, 1.54) is 30.5 Å². The van der Waals surface area contributed by atoms with Gasteiger partial charge in [0.2, 0.25) is 10.0 Å². The third kappa shape index (κ3) is 4.89. The van der Waals surface area contributed by atoms with Crippen LogP contribution in [0.2, 0.25) is 0 Å². The van der Waals surface area contributed by atoms with Gasteiger partial charge in [0.1, 0.15) is 19.0 Å². The van der Waals surface area contributed by atoms with Crippen molar-refractivity contribution in [3.63, 3.8) is 0 Å². The lowest BCUT2D eigenvalue weighted by Gasteiger charge is -2.21. The summed E-state index contributed by atoms with van der Waals surface area (Å²) in [5.74, 6) is 1.54. The zero-order valence-corrected chi connectivity index (χ0v) is 17.6. The smallest absolute Gasteiger partial charge is 0.251 e. The summed E-state index contributed by atoms with van der Waals surface area (Å²) in [7, 11) is -3.72. The molecule has 9 heteroatoms. The van der Waals surface area contributed by atoms with E-state index in [1.807, 2.05) is 25.1 Å². The maximum atomic E-state index is 12.6. The molecule has 0 radical (unpaired) electrons. The van der Waals surface area contributed by atoms with Gasteiger partial charge in [-0.3, -0.25) is 4.79 Å². The molecule has 1 atom stereocenters. The van der Waals surface area contributed by atoms with Crippen LogP contribution in [0.25, 0.3) is 0 Å². The molecule has 0 spiro atoms. The summed E-state index contributed by atoms with van der Waals surface area (Å²) in [6.07, 6.45) is 1.48. The molecule has 0 aliphatic carbocycles. The number of rotatable bonds is 7. The van der Waals surface area contributed by atoms with Crippen molar-refractivity contribution >= 4 is 15.9 Å². The van der Waals surface area contributed by atoms with Crippen molar-refractivity contribution < 1.29 is 27.1 Å². The first-order chi connectivity index (χ1) is 14.9. The van der Waals surface area contributed by atoms with E-state index in [2.05, 4.69) is 10.0 Å². The summed E-state index contributed by atoms with van der Waals surface area (Å²) in [6, 6.07) is 14.4. The fraction of sp³-hybridized carbons (Fsp3) is 0.227. The number of sulfonamides is 1. The lowest BCUT2D eigenvalue weighted by molar-refractivity contribution is 0.0939. The normalized spacial score (nSPS) is 14.1. The number of furan rings is 1. The van der Waals surface area contributed by atoms with Crippen LogP contribution in [0.3, 0.4) is 0 Å². The van der Waals surface area contributed by atoms with E-state index in [0.717, 1.165) is 5.56 Å². The number of carbonyl (C=O) groups is 1. The second-order valence-electron chi connectivity index (χ2n) is 7.03. The number of nitrogens with one attached hydrogen (secondary N) is 2. The molecule has 2 aromatic carbocycles. The Morgan fingerprint density at radius 1 is 1.03 bits per heavy atom. The van der Waals surface area contributed by atoms with Crippen LogP contribution in [0, 0.1) is 0 Å². The number of carbonyl (C=O) groups excluding carboxylic acids is 1. The van der Waals surface area contributed by atoms with Crippen LogP contribution in [0.15, 0.2) is 70.2 Å². The molecular weight excluding hydrogens is 420 g/mol. The van der Waals surface area contributed by atoms with Crippen molar-refractivity contribution in [1.82, 2.24) is 10.0 Å². The summed E-state index contributed by atoms with van der Waals surface area (Å²) in [5.41, 5.74) is 1.23. The summed E-state index contributed by atoms with van der Waals surface area (Å²) < 4.78 is 43.5. The zero-order chi connectivity index (χ0) is 21.8. The minimum atomic E-state index is -3.72. The van der Waals surface area contributed by atoms with Crippen molar-refractivity contribution in [3.8, 4) is 11.5 Å². The molecule has 1 aliphatic rings. The minimum absolute atomic E-state index is 0.0462. The van der Waals surface area contributed by atoms with Gasteiger partial charge in [-0.25, -0.2) is 13.1 Å². The predicted octanol–water partition coefficient (Wildman–Crippen LogP) is 3.02. The Morgan fingerprint density at radius 2 is 1.77 bits per heavy atom. The third-order valence-corrected chi connectivity index (χ3v) is 6.27. The van der Waals surface area contributed by atoms with E-state index in [-0.39, 0.29) is 23.4 Å². The summed E-state index contributed by atoms with van der Waals surface area (Å²) in [5, 5.41) is 2.91. The molecule has 3 aromatic rings. The molecule has 0 saturated carbocycles. The van der Waals surface area contributed by atoms with Crippen LogP contribution < -0.4 is 19.5 Å². The SMILES string of the molecule is CC(NC(=O)c1ccc(S(=O)(=O)NCc2ccco2)cc1)c1ccc2c(c1)OCCO2. The predicted molar refractivity (Wildman–Crippen MR) is 112 cm³/mol. The molecule has 1 unspecified atom stereocenters. The fourth-order valence-electron chi connectivity index (χ4n) is 3.14. The molecule has 0 saturated heterocycles. The highest BCUT2D eigenvalue weighted by molar-refractivity contribution is 7.89. The lowest BCUT2D eigenvalue weighted by Crippen LogP contribution is -2.27. The first-order valence-corrected chi connectivity index (χ1v) is 11.2. The molecule has 8 nitrogen and oxygen atoms in total. The van der Waals surface area contributed by atoms with Crippen LogP contribution in [0.1, 0.15) is 34.6 Å². The van der Waals surface area contributed by atoms with Gasteiger partial charge >= 0.3 is 0 Å². The highest BCUT2D eigenvalue weighted by atomic mass is 32.2. The van der Waals surface area contributed by atoms with Crippen LogP contribution in [-0.4, -0.2) is 27.5 Å². The number of benzene rings is 2. The Morgan fingerprint density at radius 3 is 2.48 bits per heavy atom. The van der Waals surface area contributed by atoms with Gasteiger partial charge in [-0.2, -0.15) is 0 Å². The van der Waals surface area contributed by atoms with Gasteiger partial charge in [0.05, 0.1) is 23.7 Å². The molecule has 2 heterocycles. The molecular formula is C22H22N2O6S. The molecule has 0 bridgehead atoms. The van der Waals surface area contributed by atoms with Gasteiger partial charge in [0, 0.05) is 5.56 Å². The van der Waals surface area contributed by atoms with Crippen molar-refractivity contribution in [1.29, 1.82) is 0 Å². The first-order valence-electron chi connectivity index (χ1n) is 9.75. The number of hydrogen-bond donors (Lipinski definition) is 2. The summed E-state index contributed by atoms with van der Waals surface area (Å²) >= 11 is 0. The number of amides is 1. The van der Waals surface area contributed by atoms with E-state index in [0.29, 0.717) is 36.0 Å². The molecule has 1 aromatic heterocycles. The van der Waals surface area contributed by atoms with Crippen molar-refractivity contribution in [2.75, 3.05) is 13.2 Å². The zero-order valence-electron chi connectivity index (χ0n) is 16.8. The summed E-state index contributed by atoms with van der Waals surface area (Å²) in [6.45, 7) is 2.91. The second kappa shape index (κ2) is 8.83. The van der Waals surface area contributed by atoms with Crippen molar-refractivity contribution in [2.45, 2.75) is 24.4 Å². The lowest BCUT2D eigenvalue weighted by atomic mass is 10.1. The Bertz CT molecular complexity index is 1160. The quantitative estimate of drug-likeness (QED) is 0.583. The van der Waals surface area contributed by atoms with Crippen LogP contribution in [-0.2, 0) is 16.6 Å². The molecule has 0 fully saturated rings.